The number of allylic oxidation sites excluding steroid dienone is 3. The van der Waals surface area contributed by atoms with Gasteiger partial charge in [0, 0.05) is 4.48 Å². The molecule has 3 nitrogen and oxygen atoms in total. The second-order valence-corrected chi connectivity index (χ2v) is 3.79. The van der Waals surface area contributed by atoms with Gasteiger partial charge in [0.05, 0.1) is 11.1 Å². The molecule has 0 aromatic carbocycles. The normalized spacial score (nSPS) is 27.0. The van der Waals surface area contributed by atoms with Crippen molar-refractivity contribution >= 4 is 39.3 Å². The molecular formula is C7H4BrClN2O. The van der Waals surface area contributed by atoms with E-state index in [1.165, 1.54) is 0 Å². The average molecular weight is 247 g/mol. The first-order chi connectivity index (χ1) is 5.66. The van der Waals surface area contributed by atoms with Crippen molar-refractivity contribution in [1.82, 2.24) is 5.32 Å². The molecule has 0 aromatic rings. The number of aliphatic imine (C=N–C) groups is 1. The fourth-order valence-electron chi connectivity index (χ4n) is 1.09. The number of rotatable bonds is 0. The summed E-state index contributed by atoms with van der Waals surface area (Å²) in [5.41, 5.74) is 1.33. The predicted octanol–water partition coefficient (Wildman–Crippen LogP) is 1.93. The number of carbonyl (C=O) groups excluding carboxylic acids is 1. The molecule has 1 aliphatic heterocycles. The van der Waals surface area contributed by atoms with Gasteiger partial charge in [0.15, 0.2) is 0 Å². The van der Waals surface area contributed by atoms with Gasteiger partial charge in [-0.1, -0.05) is 0 Å². The number of halogens is 2. The molecule has 2 rings (SSSR count). The zero-order valence-electron chi connectivity index (χ0n) is 5.84. The lowest BCUT2D eigenvalue weighted by molar-refractivity contribution is 0.253. The van der Waals surface area contributed by atoms with Gasteiger partial charge in [-0.05, 0) is 28.1 Å². The van der Waals surface area contributed by atoms with Crippen molar-refractivity contribution in [1.29, 1.82) is 0 Å². The first-order valence-electron chi connectivity index (χ1n) is 3.30. The van der Waals surface area contributed by atoms with E-state index in [1.807, 2.05) is 0 Å². The molecule has 0 aromatic heterocycles. The predicted molar refractivity (Wildman–Crippen MR) is 50.7 cm³/mol. The van der Waals surface area contributed by atoms with Gasteiger partial charge in [-0.2, -0.15) is 4.99 Å². The molecule has 1 heterocycles. The second kappa shape index (κ2) is 2.71. The number of carbonyl (C=O) groups is 1. The van der Waals surface area contributed by atoms with E-state index >= 15 is 0 Å². The van der Waals surface area contributed by atoms with E-state index < -0.39 is 0 Å². The van der Waals surface area contributed by atoms with Crippen LogP contribution in [0.3, 0.4) is 0 Å². The third-order valence-electron chi connectivity index (χ3n) is 1.57. The summed E-state index contributed by atoms with van der Waals surface area (Å²) in [7, 11) is 0. The third kappa shape index (κ3) is 1.21. The minimum Gasteiger partial charge on any atom is -0.304 e. The Hall–Kier alpha value is -0.610. The minimum atomic E-state index is -0.340. The maximum Gasteiger partial charge on any atom is 0.346 e. The lowest BCUT2D eigenvalue weighted by Crippen LogP contribution is -2.18. The molecule has 2 aliphatic rings. The highest BCUT2D eigenvalue weighted by Crippen LogP contribution is 2.25. The third-order valence-corrected chi connectivity index (χ3v) is 2.46. The van der Waals surface area contributed by atoms with Crippen molar-refractivity contribution in [3.63, 3.8) is 0 Å². The Morgan fingerprint density at radius 2 is 2.33 bits per heavy atom. The lowest BCUT2D eigenvalue weighted by Gasteiger charge is -2.10. The van der Waals surface area contributed by atoms with Crippen molar-refractivity contribution < 1.29 is 4.79 Å². The van der Waals surface area contributed by atoms with Crippen LogP contribution >= 0.6 is 27.5 Å². The van der Waals surface area contributed by atoms with Crippen LogP contribution in [0.1, 0.15) is 0 Å². The fraction of sp³-hybridized carbons (Fsp3) is 0.143. The zero-order chi connectivity index (χ0) is 8.72. The molecule has 0 radical (unpaired) electrons. The molecule has 12 heavy (non-hydrogen) atoms. The lowest BCUT2D eigenvalue weighted by atomic mass is 10.1. The van der Waals surface area contributed by atoms with E-state index in [9.17, 15) is 4.79 Å². The number of alkyl halides is 1. The first kappa shape index (κ1) is 8.01. The molecular weight excluding hydrogens is 243 g/mol. The Labute approximate surface area is 82.3 Å². The van der Waals surface area contributed by atoms with Gasteiger partial charge < -0.3 is 5.32 Å². The summed E-state index contributed by atoms with van der Waals surface area (Å²) in [6.07, 6.45) is 3.53. The number of urea groups is 1. The summed E-state index contributed by atoms with van der Waals surface area (Å²) in [6, 6.07) is -0.340. The summed E-state index contributed by atoms with van der Waals surface area (Å²) in [5.74, 6) is 0. The molecule has 1 unspecified atom stereocenters. The largest absolute Gasteiger partial charge is 0.346 e. The molecule has 1 aliphatic carbocycles. The van der Waals surface area contributed by atoms with Crippen LogP contribution in [0.2, 0.25) is 0 Å². The molecule has 0 bridgehead atoms. The van der Waals surface area contributed by atoms with Crippen molar-refractivity contribution in [2.45, 2.75) is 5.38 Å². The monoisotopic (exact) mass is 246 g/mol. The van der Waals surface area contributed by atoms with E-state index in [1.54, 1.807) is 12.2 Å². The SMILES string of the molecule is O=C1N=C2C(Br)=CC(Cl)C=C2N1. The summed E-state index contributed by atoms with van der Waals surface area (Å²) in [6.45, 7) is 0. The summed E-state index contributed by atoms with van der Waals surface area (Å²) >= 11 is 9.11. The molecule has 0 saturated carbocycles. The maximum atomic E-state index is 10.8. The number of fused-ring (bicyclic) bond motifs is 1. The topological polar surface area (TPSA) is 41.5 Å². The van der Waals surface area contributed by atoms with Crippen LogP contribution in [0, 0.1) is 0 Å². The molecule has 62 valence electrons. The van der Waals surface area contributed by atoms with Crippen LogP contribution in [0.15, 0.2) is 27.3 Å². The molecule has 2 amide bonds. The van der Waals surface area contributed by atoms with E-state index in [0.29, 0.717) is 11.4 Å². The van der Waals surface area contributed by atoms with Gasteiger partial charge in [-0.25, -0.2) is 4.79 Å². The number of nitrogens with one attached hydrogen (secondary N) is 1. The van der Waals surface area contributed by atoms with Crippen LogP contribution in [-0.4, -0.2) is 17.1 Å². The number of hydrogen-bond donors (Lipinski definition) is 1. The highest BCUT2D eigenvalue weighted by atomic mass is 79.9. The quantitative estimate of drug-likeness (QED) is 0.653. The van der Waals surface area contributed by atoms with Crippen LogP contribution < -0.4 is 5.32 Å². The zero-order valence-corrected chi connectivity index (χ0v) is 8.19. The van der Waals surface area contributed by atoms with Crippen molar-refractivity contribution in [2.24, 2.45) is 4.99 Å². The second-order valence-electron chi connectivity index (χ2n) is 2.43. The highest BCUT2D eigenvalue weighted by molar-refractivity contribution is 9.12. The smallest absolute Gasteiger partial charge is 0.304 e. The van der Waals surface area contributed by atoms with E-state index in [4.69, 9.17) is 11.6 Å². The van der Waals surface area contributed by atoms with Crippen LogP contribution in [0.4, 0.5) is 4.79 Å². The van der Waals surface area contributed by atoms with Crippen LogP contribution in [0.5, 0.6) is 0 Å². The van der Waals surface area contributed by atoms with E-state index in [2.05, 4.69) is 26.2 Å². The standard InChI is InChI=1S/C7H4BrClN2O/c8-4-1-3(9)2-5-6(4)11-7(12)10-5/h1-3H,(H,10,12). The number of nitrogens with zero attached hydrogens (tertiary/aromatic N) is 1. The molecule has 5 heteroatoms. The van der Waals surface area contributed by atoms with Gasteiger partial charge in [-0.3, -0.25) is 0 Å². The van der Waals surface area contributed by atoms with Crippen LogP contribution in [-0.2, 0) is 0 Å². The minimum absolute atomic E-state index is 0.188. The summed E-state index contributed by atoms with van der Waals surface area (Å²) in [5, 5.41) is 2.39. The first-order valence-corrected chi connectivity index (χ1v) is 4.53. The Kier molecular flexibility index (Phi) is 1.81. The average Bonchev–Trinajstić information content (AvgIpc) is 2.29. The fourth-order valence-corrected chi connectivity index (χ4v) is 2.08. The molecule has 1 atom stereocenters. The van der Waals surface area contributed by atoms with Crippen molar-refractivity contribution in [3.05, 3.63) is 22.3 Å². The van der Waals surface area contributed by atoms with E-state index in [0.717, 1.165) is 4.48 Å². The number of amides is 2. The Morgan fingerprint density at radius 1 is 1.58 bits per heavy atom. The Morgan fingerprint density at radius 3 is 3.08 bits per heavy atom. The van der Waals surface area contributed by atoms with E-state index in [-0.39, 0.29) is 11.4 Å². The van der Waals surface area contributed by atoms with Crippen LogP contribution in [0.25, 0.3) is 0 Å². The molecule has 0 fully saturated rings. The van der Waals surface area contributed by atoms with Gasteiger partial charge in [0.1, 0.15) is 5.71 Å². The number of hydrogen-bond acceptors (Lipinski definition) is 1. The van der Waals surface area contributed by atoms with Gasteiger partial charge in [0.2, 0.25) is 0 Å². The molecule has 1 N–H and O–H groups in total. The molecule has 0 spiro atoms. The summed E-state index contributed by atoms with van der Waals surface area (Å²) < 4.78 is 0.762. The summed E-state index contributed by atoms with van der Waals surface area (Å²) in [4.78, 5) is 14.6. The van der Waals surface area contributed by atoms with Crippen molar-refractivity contribution in [2.75, 3.05) is 0 Å². The van der Waals surface area contributed by atoms with Gasteiger partial charge >= 0.3 is 6.03 Å². The molecule has 0 saturated heterocycles. The Balaban J connectivity index is 2.45. The van der Waals surface area contributed by atoms with Gasteiger partial charge in [-0.15, -0.1) is 11.6 Å². The maximum absolute atomic E-state index is 10.8. The Bertz CT molecular complexity index is 345. The van der Waals surface area contributed by atoms with Gasteiger partial charge in [0.25, 0.3) is 0 Å². The van der Waals surface area contributed by atoms with Crippen molar-refractivity contribution in [3.8, 4) is 0 Å². The highest BCUT2D eigenvalue weighted by Gasteiger charge is 2.25.